The maximum absolute atomic E-state index is 12.6. The lowest BCUT2D eigenvalue weighted by atomic mass is 10.1. The van der Waals surface area contributed by atoms with E-state index >= 15 is 0 Å². The molecule has 20 heavy (non-hydrogen) atoms. The molecule has 0 aromatic heterocycles. The molecular formula is C14H18BrClN2O2. The van der Waals surface area contributed by atoms with Crippen molar-refractivity contribution in [1.29, 1.82) is 0 Å². The van der Waals surface area contributed by atoms with Crippen LogP contribution in [0.15, 0.2) is 22.7 Å². The molecule has 1 unspecified atom stereocenters. The van der Waals surface area contributed by atoms with Crippen molar-refractivity contribution in [2.45, 2.75) is 18.9 Å². The van der Waals surface area contributed by atoms with Gasteiger partial charge in [-0.15, -0.1) is 0 Å². The van der Waals surface area contributed by atoms with Crippen molar-refractivity contribution >= 4 is 33.4 Å². The van der Waals surface area contributed by atoms with Crippen LogP contribution in [0.25, 0.3) is 0 Å². The Bertz CT molecular complexity index is 478. The van der Waals surface area contributed by atoms with Crippen molar-refractivity contribution in [3.63, 3.8) is 0 Å². The molecule has 1 saturated heterocycles. The van der Waals surface area contributed by atoms with Gasteiger partial charge in [-0.2, -0.15) is 0 Å². The van der Waals surface area contributed by atoms with E-state index < -0.39 is 0 Å². The first kappa shape index (κ1) is 15.8. The van der Waals surface area contributed by atoms with E-state index in [9.17, 15) is 9.90 Å². The topological polar surface area (TPSA) is 52.6 Å². The van der Waals surface area contributed by atoms with E-state index in [2.05, 4.69) is 21.2 Å². The Balaban J connectivity index is 2.14. The Labute approximate surface area is 132 Å². The molecule has 1 aromatic carbocycles. The number of hydrogen-bond donors (Lipinski definition) is 2. The van der Waals surface area contributed by atoms with Gasteiger partial charge in [-0.3, -0.25) is 4.79 Å². The Morgan fingerprint density at radius 1 is 1.55 bits per heavy atom. The summed E-state index contributed by atoms with van der Waals surface area (Å²) < 4.78 is 0.813. The average Bonchev–Trinajstić information content (AvgIpc) is 2.93. The number of halogens is 2. The van der Waals surface area contributed by atoms with Gasteiger partial charge in [-0.05, 0) is 37.6 Å². The largest absolute Gasteiger partial charge is 0.395 e. The smallest absolute Gasteiger partial charge is 0.255 e. The van der Waals surface area contributed by atoms with Crippen LogP contribution < -0.4 is 5.32 Å². The number of carbonyl (C=O) groups is 1. The highest BCUT2D eigenvalue weighted by molar-refractivity contribution is 9.10. The van der Waals surface area contributed by atoms with Crippen molar-refractivity contribution in [3.05, 3.63) is 33.3 Å². The second-order valence-electron chi connectivity index (χ2n) is 4.89. The summed E-state index contributed by atoms with van der Waals surface area (Å²) in [5.74, 6) is -0.140. The molecule has 110 valence electrons. The summed E-state index contributed by atoms with van der Waals surface area (Å²) in [4.78, 5) is 14.2. The lowest BCUT2D eigenvalue weighted by Gasteiger charge is -2.25. The van der Waals surface area contributed by atoms with Crippen LogP contribution in [0.3, 0.4) is 0 Å². The Morgan fingerprint density at radius 2 is 2.35 bits per heavy atom. The van der Waals surface area contributed by atoms with Gasteiger partial charge in [-0.1, -0.05) is 27.5 Å². The Hall–Kier alpha value is -0.620. The molecule has 1 heterocycles. The molecule has 2 N–H and O–H groups in total. The van der Waals surface area contributed by atoms with Gasteiger partial charge in [-0.25, -0.2) is 0 Å². The van der Waals surface area contributed by atoms with Crippen LogP contribution in [0.5, 0.6) is 0 Å². The Morgan fingerprint density at radius 3 is 3.00 bits per heavy atom. The van der Waals surface area contributed by atoms with Crippen LogP contribution in [0, 0.1) is 0 Å². The normalized spacial score (nSPS) is 18.2. The molecule has 0 bridgehead atoms. The maximum atomic E-state index is 12.6. The minimum atomic E-state index is -0.140. The highest BCUT2D eigenvalue weighted by Crippen LogP contribution is 2.23. The van der Waals surface area contributed by atoms with Gasteiger partial charge in [0.05, 0.1) is 17.2 Å². The molecule has 1 aromatic rings. The highest BCUT2D eigenvalue weighted by atomic mass is 79.9. The standard InChI is InChI=1S/C14H18BrClN2O2/c15-10-3-4-13(16)12(8-10)14(20)18(6-7-19)9-11-2-1-5-17-11/h3-4,8,11,17,19H,1-2,5-7,9H2. The summed E-state index contributed by atoms with van der Waals surface area (Å²) in [6, 6.07) is 5.52. The quantitative estimate of drug-likeness (QED) is 0.846. The number of nitrogens with zero attached hydrogens (tertiary/aromatic N) is 1. The average molecular weight is 362 g/mol. The highest BCUT2D eigenvalue weighted by Gasteiger charge is 2.23. The van der Waals surface area contributed by atoms with Crippen LogP contribution in [0.4, 0.5) is 0 Å². The zero-order chi connectivity index (χ0) is 14.5. The number of hydrogen-bond acceptors (Lipinski definition) is 3. The van der Waals surface area contributed by atoms with E-state index in [0.717, 1.165) is 23.9 Å². The van der Waals surface area contributed by atoms with E-state index in [4.69, 9.17) is 11.6 Å². The number of carbonyl (C=O) groups excluding carboxylic acids is 1. The van der Waals surface area contributed by atoms with E-state index in [1.165, 1.54) is 0 Å². The number of aliphatic hydroxyl groups excluding tert-OH is 1. The van der Waals surface area contributed by atoms with E-state index in [0.29, 0.717) is 29.7 Å². The molecule has 0 aliphatic carbocycles. The fourth-order valence-electron chi connectivity index (χ4n) is 2.41. The number of benzene rings is 1. The molecule has 0 spiro atoms. The van der Waals surface area contributed by atoms with Gasteiger partial charge in [0.25, 0.3) is 5.91 Å². The lowest BCUT2D eigenvalue weighted by Crippen LogP contribution is -2.42. The van der Waals surface area contributed by atoms with E-state index in [-0.39, 0.29) is 12.5 Å². The lowest BCUT2D eigenvalue weighted by molar-refractivity contribution is 0.0706. The Kier molecular flexibility index (Phi) is 5.84. The van der Waals surface area contributed by atoms with Gasteiger partial charge in [0.15, 0.2) is 0 Å². The maximum Gasteiger partial charge on any atom is 0.255 e. The second-order valence-corrected chi connectivity index (χ2v) is 6.22. The summed E-state index contributed by atoms with van der Waals surface area (Å²) in [6.45, 7) is 1.86. The summed E-state index contributed by atoms with van der Waals surface area (Å²) in [6.07, 6.45) is 2.19. The molecule has 1 aliphatic heterocycles. The van der Waals surface area contributed by atoms with Crippen LogP contribution in [0.2, 0.25) is 5.02 Å². The van der Waals surface area contributed by atoms with Crippen molar-refractivity contribution in [1.82, 2.24) is 10.2 Å². The molecule has 1 fully saturated rings. The zero-order valence-electron chi connectivity index (χ0n) is 11.1. The van der Waals surface area contributed by atoms with Crippen LogP contribution in [-0.2, 0) is 0 Å². The summed E-state index contributed by atoms with van der Waals surface area (Å²) in [5, 5.41) is 13.0. The van der Waals surface area contributed by atoms with Crippen molar-refractivity contribution in [3.8, 4) is 0 Å². The number of amides is 1. The van der Waals surface area contributed by atoms with Crippen LogP contribution in [0.1, 0.15) is 23.2 Å². The van der Waals surface area contributed by atoms with Gasteiger partial charge in [0, 0.05) is 23.6 Å². The number of nitrogens with one attached hydrogen (secondary N) is 1. The fourth-order valence-corrected chi connectivity index (χ4v) is 2.97. The third-order valence-electron chi connectivity index (χ3n) is 3.42. The molecule has 2 rings (SSSR count). The van der Waals surface area contributed by atoms with Crippen LogP contribution >= 0.6 is 27.5 Å². The van der Waals surface area contributed by atoms with Gasteiger partial charge < -0.3 is 15.3 Å². The number of rotatable bonds is 5. The van der Waals surface area contributed by atoms with Crippen LogP contribution in [-0.4, -0.2) is 48.2 Å². The van der Waals surface area contributed by atoms with Crippen molar-refractivity contribution < 1.29 is 9.90 Å². The van der Waals surface area contributed by atoms with Gasteiger partial charge in [0.1, 0.15) is 0 Å². The summed E-state index contributed by atoms with van der Waals surface area (Å²) in [5.41, 5.74) is 0.465. The predicted octanol–water partition coefficient (Wildman–Crippen LogP) is 2.29. The molecule has 1 amide bonds. The second kappa shape index (κ2) is 7.41. The molecule has 1 atom stereocenters. The first-order valence-electron chi connectivity index (χ1n) is 6.70. The monoisotopic (exact) mass is 360 g/mol. The minimum Gasteiger partial charge on any atom is -0.395 e. The van der Waals surface area contributed by atoms with Gasteiger partial charge in [0.2, 0.25) is 0 Å². The van der Waals surface area contributed by atoms with Crippen molar-refractivity contribution in [2.75, 3.05) is 26.2 Å². The predicted molar refractivity (Wildman–Crippen MR) is 83.2 cm³/mol. The zero-order valence-corrected chi connectivity index (χ0v) is 13.5. The molecule has 0 saturated carbocycles. The molecule has 4 nitrogen and oxygen atoms in total. The third-order valence-corrected chi connectivity index (χ3v) is 4.24. The molecule has 1 aliphatic rings. The van der Waals surface area contributed by atoms with E-state index in [1.807, 2.05) is 0 Å². The minimum absolute atomic E-state index is 0.0515. The summed E-state index contributed by atoms with van der Waals surface area (Å²) >= 11 is 9.46. The first-order valence-corrected chi connectivity index (χ1v) is 7.87. The fraction of sp³-hybridized carbons (Fsp3) is 0.500. The summed E-state index contributed by atoms with van der Waals surface area (Å²) in [7, 11) is 0. The van der Waals surface area contributed by atoms with E-state index in [1.54, 1.807) is 23.1 Å². The molecule has 6 heteroatoms. The van der Waals surface area contributed by atoms with Gasteiger partial charge >= 0.3 is 0 Å². The van der Waals surface area contributed by atoms with Crippen molar-refractivity contribution in [2.24, 2.45) is 0 Å². The number of aliphatic hydroxyl groups is 1. The first-order chi connectivity index (χ1) is 9.61. The molecular weight excluding hydrogens is 344 g/mol. The SMILES string of the molecule is O=C(c1cc(Br)ccc1Cl)N(CCO)CC1CCCN1. The molecule has 0 radical (unpaired) electrons. The third kappa shape index (κ3) is 3.95.